The highest BCUT2D eigenvalue weighted by Crippen LogP contribution is 2.31. The molecule has 0 aromatic heterocycles. The lowest BCUT2D eigenvalue weighted by Crippen LogP contribution is -2.52. The molecule has 0 spiro atoms. The molecule has 0 N–H and O–H groups in total. The van der Waals surface area contributed by atoms with Crippen LogP contribution in [0.1, 0.15) is 0 Å². The summed E-state index contributed by atoms with van der Waals surface area (Å²) in [5, 5.41) is 0. The van der Waals surface area contributed by atoms with E-state index in [0.717, 1.165) is 0 Å². The van der Waals surface area contributed by atoms with Gasteiger partial charge in [0.25, 0.3) is 0 Å². The molecule has 1 fully saturated rings. The van der Waals surface area contributed by atoms with Crippen molar-refractivity contribution in [3.8, 4) is 0 Å². The molecule has 100 valence electrons. The van der Waals surface area contributed by atoms with Gasteiger partial charge >= 0.3 is 12.5 Å². The maximum absolute atomic E-state index is 12.3. The molecule has 1 aliphatic rings. The van der Waals surface area contributed by atoms with Gasteiger partial charge in [0.05, 0.1) is 0 Å². The van der Waals surface area contributed by atoms with Crippen LogP contribution in [0.5, 0.6) is 0 Å². The second-order valence-corrected chi connectivity index (χ2v) is 3.43. The molecule has 1 saturated heterocycles. The molecule has 0 unspecified atom stereocenters. The predicted molar refractivity (Wildman–Crippen MR) is 44.4 cm³/mol. The van der Waals surface area contributed by atoms with Crippen LogP contribution in [0.15, 0.2) is 12.0 Å². The molecule has 9 heteroatoms. The number of piperazine rings is 1. The maximum atomic E-state index is 12.3. The predicted octanol–water partition coefficient (Wildman–Crippen LogP) is 2.50. The molecular weight excluding hydrogens is 257 g/mol. The van der Waals surface area contributed by atoms with Crippen molar-refractivity contribution >= 4 is 0 Å². The lowest BCUT2D eigenvalue weighted by atomic mass is 10.3. The first-order valence-electron chi connectivity index (χ1n) is 4.60. The zero-order chi connectivity index (χ0) is 13.3. The molecule has 17 heavy (non-hydrogen) atoms. The molecular formula is C8H9F7N2. The molecule has 0 radical (unpaired) electrons. The first kappa shape index (κ1) is 14.1. The lowest BCUT2D eigenvalue weighted by molar-refractivity contribution is -0.252. The van der Waals surface area contributed by atoms with Crippen molar-refractivity contribution < 1.29 is 30.7 Å². The number of hydrogen-bond donors (Lipinski definition) is 0. The topological polar surface area (TPSA) is 6.48 Å². The normalized spacial score (nSPS) is 20.9. The van der Waals surface area contributed by atoms with E-state index in [4.69, 9.17) is 0 Å². The Labute approximate surface area is 92.3 Å². The Bertz CT molecular complexity index is 285. The summed E-state index contributed by atoms with van der Waals surface area (Å²) >= 11 is 0. The van der Waals surface area contributed by atoms with E-state index in [1.807, 2.05) is 0 Å². The molecule has 0 saturated carbocycles. The summed E-state index contributed by atoms with van der Waals surface area (Å²) in [7, 11) is 0. The average Bonchev–Trinajstić information content (AvgIpc) is 2.16. The number of hydrogen-bond acceptors (Lipinski definition) is 2. The summed E-state index contributed by atoms with van der Waals surface area (Å²) in [6.45, 7) is -2.27. The van der Waals surface area contributed by atoms with E-state index < -0.39 is 50.7 Å². The van der Waals surface area contributed by atoms with Crippen molar-refractivity contribution in [3.63, 3.8) is 0 Å². The maximum Gasteiger partial charge on any atom is 0.460 e. The summed E-state index contributed by atoms with van der Waals surface area (Å²) in [6.07, 6.45) is -10.1. The summed E-state index contributed by atoms with van der Waals surface area (Å²) in [6, 6.07) is 0. The van der Waals surface area contributed by atoms with Crippen LogP contribution in [-0.4, -0.2) is 48.5 Å². The van der Waals surface area contributed by atoms with Crippen LogP contribution in [0.4, 0.5) is 30.7 Å². The molecule has 2 nitrogen and oxygen atoms in total. The van der Waals surface area contributed by atoms with Gasteiger partial charge in [-0.25, -0.2) is 9.29 Å². The van der Waals surface area contributed by atoms with Crippen molar-refractivity contribution in [2.24, 2.45) is 0 Å². The Kier molecular flexibility index (Phi) is 3.90. The first-order valence-corrected chi connectivity index (χ1v) is 4.60. The fraction of sp³-hybridized carbons (Fsp3) is 0.750. The van der Waals surface area contributed by atoms with Gasteiger partial charge in [-0.05, 0) is 0 Å². The fourth-order valence-corrected chi connectivity index (χ4v) is 1.51. The quantitative estimate of drug-likeness (QED) is 0.531. The molecule has 0 aliphatic carbocycles. The third-order valence-electron chi connectivity index (χ3n) is 2.37. The molecule has 1 heterocycles. The van der Waals surface area contributed by atoms with Crippen molar-refractivity contribution in [1.82, 2.24) is 9.80 Å². The smallest absolute Gasteiger partial charge is 0.363 e. The van der Waals surface area contributed by atoms with Crippen molar-refractivity contribution in [1.29, 1.82) is 0 Å². The van der Waals surface area contributed by atoms with Gasteiger partial charge in [0.1, 0.15) is 12.0 Å². The largest absolute Gasteiger partial charge is 0.460 e. The lowest BCUT2D eigenvalue weighted by Gasteiger charge is -2.37. The molecule has 0 bridgehead atoms. The molecule has 1 rings (SSSR count). The first-order chi connectivity index (χ1) is 7.66. The van der Waals surface area contributed by atoms with Crippen molar-refractivity contribution in [2.45, 2.75) is 12.5 Å². The summed E-state index contributed by atoms with van der Waals surface area (Å²) < 4.78 is 85.4. The van der Waals surface area contributed by atoms with Crippen LogP contribution < -0.4 is 0 Å². The van der Waals surface area contributed by atoms with Crippen molar-refractivity contribution in [2.75, 3.05) is 26.2 Å². The van der Waals surface area contributed by atoms with Gasteiger partial charge in [-0.15, -0.1) is 0 Å². The molecule has 1 aliphatic heterocycles. The van der Waals surface area contributed by atoms with Crippen LogP contribution in [0.25, 0.3) is 0 Å². The number of alkyl halides is 6. The summed E-state index contributed by atoms with van der Waals surface area (Å²) in [5.41, 5.74) is -1.54. The van der Waals surface area contributed by atoms with E-state index in [1.165, 1.54) is 0 Å². The van der Waals surface area contributed by atoms with Gasteiger partial charge in [0.2, 0.25) is 0 Å². The third kappa shape index (κ3) is 3.48. The highest BCUT2D eigenvalue weighted by Gasteiger charge is 2.43. The summed E-state index contributed by atoms with van der Waals surface area (Å²) in [4.78, 5) is 0.651. The third-order valence-corrected chi connectivity index (χ3v) is 2.37. The van der Waals surface area contributed by atoms with E-state index in [0.29, 0.717) is 4.90 Å². The number of allylic oxidation sites excluding steroid dienone is 1. The van der Waals surface area contributed by atoms with Gasteiger partial charge < -0.3 is 4.90 Å². The highest BCUT2D eigenvalue weighted by molar-refractivity contribution is 5.05. The molecule has 0 aromatic carbocycles. The van der Waals surface area contributed by atoms with Gasteiger partial charge in [0.15, 0.2) is 0 Å². The van der Waals surface area contributed by atoms with Gasteiger partial charge in [-0.2, -0.15) is 26.3 Å². The minimum Gasteiger partial charge on any atom is -0.363 e. The zero-order valence-corrected chi connectivity index (χ0v) is 8.45. The Hall–Kier alpha value is -0.990. The second kappa shape index (κ2) is 4.71. The summed E-state index contributed by atoms with van der Waals surface area (Å²) in [5.74, 6) is 0. The Morgan fingerprint density at radius 1 is 0.882 bits per heavy atom. The Morgan fingerprint density at radius 3 is 1.65 bits per heavy atom. The fourth-order valence-electron chi connectivity index (χ4n) is 1.51. The van der Waals surface area contributed by atoms with E-state index in [-0.39, 0.29) is 4.90 Å². The highest BCUT2D eigenvalue weighted by atomic mass is 19.4. The van der Waals surface area contributed by atoms with Crippen LogP contribution >= 0.6 is 0 Å². The standard InChI is InChI=1S/C8H9F7N2/c9-5-6(7(10,11)12)16-1-3-17(4-2-16)8(13,14)15/h5H,1-4H2/b6-5-. The Morgan fingerprint density at radius 2 is 1.35 bits per heavy atom. The monoisotopic (exact) mass is 266 g/mol. The number of halogens is 7. The number of rotatable bonds is 1. The van der Waals surface area contributed by atoms with Gasteiger partial charge in [-0.1, -0.05) is 0 Å². The van der Waals surface area contributed by atoms with E-state index >= 15 is 0 Å². The van der Waals surface area contributed by atoms with E-state index in [1.54, 1.807) is 0 Å². The van der Waals surface area contributed by atoms with E-state index in [9.17, 15) is 30.7 Å². The van der Waals surface area contributed by atoms with Crippen LogP contribution in [0.3, 0.4) is 0 Å². The SMILES string of the molecule is F/C=C(\N1CCN(C(F)(F)F)CC1)C(F)(F)F. The average molecular weight is 266 g/mol. The second-order valence-electron chi connectivity index (χ2n) is 3.43. The molecule has 0 amide bonds. The number of nitrogens with zero attached hydrogens (tertiary/aromatic N) is 2. The molecule has 0 aromatic rings. The minimum absolute atomic E-state index is 0.0930. The van der Waals surface area contributed by atoms with Crippen LogP contribution in [-0.2, 0) is 0 Å². The van der Waals surface area contributed by atoms with Gasteiger partial charge in [0, 0.05) is 26.2 Å². The zero-order valence-electron chi connectivity index (χ0n) is 8.45. The Balaban J connectivity index is 2.64. The van der Waals surface area contributed by atoms with Crippen molar-refractivity contribution in [3.05, 3.63) is 12.0 Å². The van der Waals surface area contributed by atoms with Crippen LogP contribution in [0.2, 0.25) is 0 Å². The van der Waals surface area contributed by atoms with E-state index in [2.05, 4.69) is 0 Å². The van der Waals surface area contributed by atoms with Crippen LogP contribution in [0, 0.1) is 0 Å². The molecule has 0 atom stereocenters. The minimum atomic E-state index is -4.89. The van der Waals surface area contributed by atoms with Gasteiger partial charge in [-0.3, -0.25) is 0 Å².